The van der Waals surface area contributed by atoms with Gasteiger partial charge in [-0.2, -0.15) is 0 Å². The van der Waals surface area contributed by atoms with Crippen molar-refractivity contribution in [2.45, 2.75) is 26.1 Å². The van der Waals surface area contributed by atoms with Gasteiger partial charge in [0.2, 0.25) is 5.79 Å². The van der Waals surface area contributed by atoms with Crippen molar-refractivity contribution < 1.29 is 24.3 Å². The minimum absolute atomic E-state index is 0.597. The lowest BCUT2D eigenvalue weighted by Crippen LogP contribution is -2.24. The summed E-state index contributed by atoms with van der Waals surface area (Å²) in [6.07, 6.45) is 0.217. The second-order valence-electron chi connectivity index (χ2n) is 2.97. The predicted octanol–water partition coefficient (Wildman–Crippen LogP) is 0.415. The van der Waals surface area contributed by atoms with Crippen LogP contribution in [0.1, 0.15) is 20.3 Å². The molecule has 6 heteroatoms. The molecule has 0 aromatic heterocycles. The Kier molecular flexibility index (Phi) is 4.79. The lowest BCUT2D eigenvalue weighted by Gasteiger charge is -2.19. The molecule has 0 bridgehead atoms. The fraction of sp³-hybridized carbons (Fsp3) is 0.625. The molecule has 1 N–H and O–H groups in total. The van der Waals surface area contributed by atoms with Crippen molar-refractivity contribution in [1.82, 2.24) is 0 Å². The number of rotatable bonds is 6. The Morgan fingerprint density at radius 2 is 2.07 bits per heavy atom. The van der Waals surface area contributed by atoms with Crippen LogP contribution in [0, 0.1) is 0 Å². The Labute approximate surface area is 81.5 Å². The van der Waals surface area contributed by atoms with Crippen molar-refractivity contribution in [3.63, 3.8) is 0 Å². The van der Waals surface area contributed by atoms with Crippen molar-refractivity contribution in [2.24, 2.45) is 5.16 Å². The van der Waals surface area contributed by atoms with Gasteiger partial charge in [-0.25, -0.2) is 0 Å². The van der Waals surface area contributed by atoms with Gasteiger partial charge >= 0.3 is 5.97 Å². The molecule has 0 aromatic rings. The van der Waals surface area contributed by atoms with Gasteiger partial charge in [0.05, 0.1) is 0 Å². The Hall–Kier alpha value is -1.43. The number of carbonyl (C=O) groups excluding carboxylic acids is 1. The summed E-state index contributed by atoms with van der Waals surface area (Å²) < 4.78 is 4.84. The van der Waals surface area contributed by atoms with Crippen molar-refractivity contribution in [3.05, 3.63) is 0 Å². The molecule has 0 rings (SSSR count). The standard InChI is InChI=1S/C8H13NO5/c1-8(2,13-3)14-9-5-6(10)4-7(11)12/h5H,4H2,1-3H3,(H,11,12). The number of nitrogens with zero attached hydrogens (tertiary/aromatic N) is 1. The summed E-state index contributed by atoms with van der Waals surface area (Å²) in [5.41, 5.74) is 0. The number of carboxylic acids is 1. The first-order chi connectivity index (χ1) is 6.37. The molecular weight excluding hydrogens is 190 g/mol. The van der Waals surface area contributed by atoms with E-state index in [1.807, 2.05) is 0 Å². The quantitative estimate of drug-likeness (QED) is 0.292. The zero-order valence-electron chi connectivity index (χ0n) is 8.31. The van der Waals surface area contributed by atoms with Crippen LogP contribution in [0.15, 0.2) is 5.16 Å². The molecule has 6 nitrogen and oxygen atoms in total. The average molecular weight is 203 g/mol. The summed E-state index contributed by atoms with van der Waals surface area (Å²) in [7, 11) is 1.43. The maximum atomic E-state index is 10.8. The molecule has 0 aliphatic rings. The molecule has 0 aliphatic heterocycles. The number of oxime groups is 1. The van der Waals surface area contributed by atoms with Crippen LogP contribution in [0.3, 0.4) is 0 Å². The van der Waals surface area contributed by atoms with E-state index in [-0.39, 0.29) is 0 Å². The highest BCUT2D eigenvalue weighted by atomic mass is 16.8. The van der Waals surface area contributed by atoms with Gasteiger partial charge in [-0.1, -0.05) is 5.16 Å². The lowest BCUT2D eigenvalue weighted by atomic mass is 10.3. The maximum Gasteiger partial charge on any atom is 0.311 e. The third-order valence-electron chi connectivity index (χ3n) is 1.29. The number of carboxylic acid groups (broad SMARTS) is 1. The number of hydrogen-bond acceptors (Lipinski definition) is 5. The van der Waals surface area contributed by atoms with E-state index in [1.54, 1.807) is 13.8 Å². The second kappa shape index (κ2) is 5.33. The van der Waals surface area contributed by atoms with E-state index in [2.05, 4.69) is 5.16 Å². The van der Waals surface area contributed by atoms with Crippen LogP contribution in [0.2, 0.25) is 0 Å². The van der Waals surface area contributed by atoms with E-state index < -0.39 is 24.0 Å². The normalized spacial score (nSPS) is 11.6. The molecule has 0 radical (unpaired) electrons. The van der Waals surface area contributed by atoms with Crippen LogP contribution in [-0.2, 0) is 19.2 Å². The van der Waals surface area contributed by atoms with Crippen molar-refractivity contribution in [1.29, 1.82) is 0 Å². The Bertz CT molecular complexity index is 246. The van der Waals surface area contributed by atoms with E-state index in [1.165, 1.54) is 7.11 Å². The first kappa shape index (κ1) is 12.6. The number of aliphatic carboxylic acids is 1. The van der Waals surface area contributed by atoms with Crippen LogP contribution in [0.5, 0.6) is 0 Å². The van der Waals surface area contributed by atoms with Crippen molar-refractivity contribution >= 4 is 18.0 Å². The summed E-state index contributed by atoms with van der Waals surface area (Å²) in [5.74, 6) is -2.77. The number of carbonyl (C=O) groups is 2. The minimum Gasteiger partial charge on any atom is -0.481 e. The topological polar surface area (TPSA) is 85.2 Å². The molecule has 0 aromatic carbocycles. The highest BCUT2D eigenvalue weighted by Crippen LogP contribution is 2.08. The fourth-order valence-electron chi connectivity index (χ4n) is 0.444. The van der Waals surface area contributed by atoms with Gasteiger partial charge in [0.1, 0.15) is 12.6 Å². The van der Waals surface area contributed by atoms with E-state index in [9.17, 15) is 9.59 Å². The van der Waals surface area contributed by atoms with Crippen LogP contribution < -0.4 is 0 Å². The minimum atomic E-state index is -1.20. The highest BCUT2D eigenvalue weighted by molar-refractivity contribution is 6.30. The van der Waals surface area contributed by atoms with E-state index in [4.69, 9.17) is 14.7 Å². The molecule has 0 atom stereocenters. The van der Waals surface area contributed by atoms with Crippen LogP contribution >= 0.6 is 0 Å². The van der Waals surface area contributed by atoms with Gasteiger partial charge in [0, 0.05) is 21.0 Å². The number of hydrogen-bond donors (Lipinski definition) is 1. The third kappa shape index (κ3) is 6.13. The fourth-order valence-corrected chi connectivity index (χ4v) is 0.444. The molecule has 0 fully saturated rings. The maximum absolute atomic E-state index is 10.8. The third-order valence-corrected chi connectivity index (χ3v) is 1.29. The predicted molar refractivity (Wildman–Crippen MR) is 47.9 cm³/mol. The number of ether oxygens (including phenoxy) is 1. The average Bonchev–Trinajstić information content (AvgIpc) is 2.02. The number of methoxy groups -OCH3 is 1. The Balaban J connectivity index is 3.95. The molecule has 0 aliphatic carbocycles. The van der Waals surface area contributed by atoms with Crippen molar-refractivity contribution in [2.75, 3.05) is 7.11 Å². The highest BCUT2D eigenvalue weighted by Gasteiger charge is 2.17. The monoisotopic (exact) mass is 203 g/mol. The van der Waals surface area contributed by atoms with Gasteiger partial charge in [-0.3, -0.25) is 9.59 Å². The zero-order valence-corrected chi connectivity index (χ0v) is 8.31. The van der Waals surface area contributed by atoms with Gasteiger partial charge in [-0.05, 0) is 0 Å². The summed E-state index contributed by atoms with van der Waals surface area (Å²) in [6.45, 7) is 3.21. The molecular formula is C8H13NO5. The van der Waals surface area contributed by atoms with E-state index in [0.29, 0.717) is 0 Å². The Morgan fingerprint density at radius 1 is 1.50 bits per heavy atom. The second-order valence-corrected chi connectivity index (χ2v) is 2.97. The van der Waals surface area contributed by atoms with E-state index >= 15 is 0 Å². The van der Waals surface area contributed by atoms with Crippen molar-refractivity contribution in [3.8, 4) is 0 Å². The Morgan fingerprint density at radius 3 is 2.50 bits per heavy atom. The van der Waals surface area contributed by atoms with Gasteiger partial charge in [0.25, 0.3) is 0 Å². The lowest BCUT2D eigenvalue weighted by molar-refractivity contribution is -0.196. The number of Topliss-reactive ketones (excluding diaryl/α,β-unsaturated/α-hetero) is 1. The number of ketones is 1. The van der Waals surface area contributed by atoms with Crippen LogP contribution in [-0.4, -0.2) is 36.0 Å². The van der Waals surface area contributed by atoms with Gasteiger partial charge < -0.3 is 14.7 Å². The summed E-state index contributed by atoms with van der Waals surface area (Å²) in [5, 5.41) is 11.5. The first-order valence-corrected chi connectivity index (χ1v) is 3.88. The zero-order chi connectivity index (χ0) is 11.2. The molecule has 0 amide bonds. The molecule has 0 saturated carbocycles. The summed E-state index contributed by atoms with van der Waals surface area (Å²) in [4.78, 5) is 25.6. The van der Waals surface area contributed by atoms with Crippen LogP contribution in [0.4, 0.5) is 0 Å². The summed E-state index contributed by atoms with van der Waals surface area (Å²) >= 11 is 0. The SMILES string of the molecule is COC(C)(C)ON=CC(=O)CC(=O)O. The van der Waals surface area contributed by atoms with E-state index in [0.717, 1.165) is 6.21 Å². The first-order valence-electron chi connectivity index (χ1n) is 3.88. The molecule has 80 valence electrons. The van der Waals surface area contributed by atoms with Gasteiger partial charge in [0.15, 0.2) is 5.78 Å². The molecule has 0 unspecified atom stereocenters. The van der Waals surface area contributed by atoms with Crippen LogP contribution in [0.25, 0.3) is 0 Å². The largest absolute Gasteiger partial charge is 0.481 e. The molecule has 14 heavy (non-hydrogen) atoms. The molecule has 0 heterocycles. The molecule has 0 spiro atoms. The smallest absolute Gasteiger partial charge is 0.311 e. The molecule has 0 saturated heterocycles. The van der Waals surface area contributed by atoms with Gasteiger partial charge in [-0.15, -0.1) is 0 Å². The summed E-state index contributed by atoms with van der Waals surface area (Å²) in [6, 6.07) is 0.